The van der Waals surface area contributed by atoms with E-state index in [1.807, 2.05) is 13.8 Å². The van der Waals surface area contributed by atoms with E-state index < -0.39 is 11.4 Å². The molecule has 2 aliphatic heterocycles. The quantitative estimate of drug-likeness (QED) is 0.804. The number of carbonyl (C=O) groups is 2. The van der Waals surface area contributed by atoms with Crippen molar-refractivity contribution in [1.29, 1.82) is 0 Å². The van der Waals surface area contributed by atoms with E-state index in [0.717, 1.165) is 19.4 Å². The highest BCUT2D eigenvalue weighted by Crippen LogP contribution is 2.36. The summed E-state index contributed by atoms with van der Waals surface area (Å²) in [4.78, 5) is 26.0. The molecule has 0 aromatic carbocycles. The molecule has 2 fully saturated rings. The Hall–Kier alpha value is -1.10. The molecule has 2 rings (SSSR count). The van der Waals surface area contributed by atoms with Gasteiger partial charge in [0.05, 0.1) is 10.8 Å². The summed E-state index contributed by atoms with van der Waals surface area (Å²) in [5.41, 5.74) is -1.09. The highest BCUT2D eigenvalue weighted by Gasteiger charge is 2.46. The van der Waals surface area contributed by atoms with E-state index in [4.69, 9.17) is 0 Å². The molecule has 108 valence electrons. The van der Waals surface area contributed by atoms with Crippen LogP contribution in [0.1, 0.15) is 39.5 Å². The number of carbonyl (C=O) groups excluding carboxylic acids is 1. The van der Waals surface area contributed by atoms with Crippen LogP contribution in [0.2, 0.25) is 0 Å². The van der Waals surface area contributed by atoms with Crippen LogP contribution in [0.15, 0.2) is 0 Å². The summed E-state index contributed by atoms with van der Waals surface area (Å²) < 4.78 is 0. The Bertz CT molecular complexity index is 377. The summed E-state index contributed by atoms with van der Waals surface area (Å²) in [6.45, 7) is 6.53. The van der Waals surface area contributed by atoms with Gasteiger partial charge in [0.25, 0.3) is 0 Å². The lowest BCUT2D eigenvalue weighted by molar-refractivity contribution is -0.157. The number of rotatable bonds is 3. The molecular weight excluding hydrogens is 244 g/mol. The summed E-state index contributed by atoms with van der Waals surface area (Å²) in [7, 11) is 0. The molecule has 2 unspecified atom stereocenters. The van der Waals surface area contributed by atoms with Crippen LogP contribution in [0.3, 0.4) is 0 Å². The average molecular weight is 268 g/mol. The van der Waals surface area contributed by atoms with Crippen molar-refractivity contribution >= 4 is 11.9 Å². The fraction of sp³-hybridized carbons (Fsp3) is 0.857. The molecule has 5 nitrogen and oxygen atoms in total. The first-order valence-corrected chi connectivity index (χ1v) is 7.17. The highest BCUT2D eigenvalue weighted by molar-refractivity contribution is 5.84. The fourth-order valence-corrected chi connectivity index (χ4v) is 3.30. The van der Waals surface area contributed by atoms with E-state index in [1.165, 1.54) is 0 Å². The Morgan fingerprint density at radius 3 is 2.63 bits per heavy atom. The molecule has 0 aliphatic carbocycles. The maximum absolute atomic E-state index is 12.6. The van der Waals surface area contributed by atoms with Gasteiger partial charge in [0.15, 0.2) is 0 Å². The Kier molecular flexibility index (Phi) is 3.85. The predicted molar refractivity (Wildman–Crippen MR) is 71.8 cm³/mol. The second-order valence-electron chi connectivity index (χ2n) is 6.26. The minimum atomic E-state index is -0.762. The van der Waals surface area contributed by atoms with Crippen LogP contribution >= 0.6 is 0 Å². The molecule has 5 heteroatoms. The smallest absolute Gasteiger partial charge is 0.311 e. The van der Waals surface area contributed by atoms with E-state index in [1.54, 1.807) is 4.90 Å². The number of likely N-dealkylation sites (tertiary alicyclic amines) is 1. The molecule has 2 heterocycles. The predicted octanol–water partition coefficient (Wildman–Crippen LogP) is 1.09. The van der Waals surface area contributed by atoms with E-state index in [-0.39, 0.29) is 11.3 Å². The lowest BCUT2D eigenvalue weighted by Gasteiger charge is -2.42. The van der Waals surface area contributed by atoms with E-state index >= 15 is 0 Å². The van der Waals surface area contributed by atoms with Crippen molar-refractivity contribution < 1.29 is 14.7 Å². The van der Waals surface area contributed by atoms with Crippen LogP contribution in [0.4, 0.5) is 0 Å². The zero-order valence-corrected chi connectivity index (χ0v) is 11.9. The summed E-state index contributed by atoms with van der Waals surface area (Å²) >= 11 is 0. The van der Waals surface area contributed by atoms with Crippen LogP contribution in [-0.2, 0) is 9.59 Å². The van der Waals surface area contributed by atoms with Gasteiger partial charge >= 0.3 is 5.97 Å². The van der Waals surface area contributed by atoms with Gasteiger partial charge in [-0.1, -0.05) is 6.92 Å². The summed E-state index contributed by atoms with van der Waals surface area (Å²) in [5.74, 6) is -0.640. The maximum Gasteiger partial charge on any atom is 0.311 e. The molecule has 0 bridgehead atoms. The normalized spacial score (nSPS) is 35.4. The van der Waals surface area contributed by atoms with Crippen molar-refractivity contribution in [3.8, 4) is 0 Å². The molecule has 0 aromatic rings. The zero-order chi connectivity index (χ0) is 14.1. The van der Waals surface area contributed by atoms with E-state index in [2.05, 4.69) is 5.32 Å². The van der Waals surface area contributed by atoms with Crippen LogP contribution < -0.4 is 5.32 Å². The molecule has 2 N–H and O–H groups in total. The third kappa shape index (κ3) is 2.48. The Morgan fingerprint density at radius 1 is 1.37 bits per heavy atom. The third-order valence-electron chi connectivity index (χ3n) is 4.88. The standard InChI is InChI=1S/C14H24N2O3/c1-3-14(12(18)19)5-4-8-16(10-14)11(17)13(2)6-7-15-9-13/h15H,3-10H2,1-2H3,(H,18,19). The van der Waals surface area contributed by atoms with Gasteiger partial charge in [-0.15, -0.1) is 0 Å². The molecular formula is C14H24N2O3. The van der Waals surface area contributed by atoms with Crippen molar-refractivity contribution in [3.63, 3.8) is 0 Å². The molecule has 0 saturated carbocycles. The van der Waals surface area contributed by atoms with Gasteiger partial charge in [-0.05, 0) is 39.2 Å². The molecule has 2 atom stereocenters. The van der Waals surface area contributed by atoms with Gasteiger partial charge in [-0.3, -0.25) is 9.59 Å². The number of carboxylic acid groups (broad SMARTS) is 1. The number of hydrogen-bond donors (Lipinski definition) is 2. The molecule has 2 saturated heterocycles. The number of piperidine rings is 1. The van der Waals surface area contributed by atoms with Gasteiger partial charge in [0.2, 0.25) is 5.91 Å². The molecule has 1 amide bonds. The number of nitrogens with one attached hydrogen (secondary N) is 1. The van der Waals surface area contributed by atoms with Crippen LogP contribution in [-0.4, -0.2) is 48.1 Å². The second-order valence-corrected chi connectivity index (χ2v) is 6.26. The first-order chi connectivity index (χ1) is 8.93. The first-order valence-electron chi connectivity index (χ1n) is 7.17. The van der Waals surface area contributed by atoms with Crippen molar-refractivity contribution in [3.05, 3.63) is 0 Å². The van der Waals surface area contributed by atoms with Gasteiger partial charge in [-0.2, -0.15) is 0 Å². The van der Waals surface area contributed by atoms with Crippen molar-refractivity contribution in [2.24, 2.45) is 10.8 Å². The van der Waals surface area contributed by atoms with E-state index in [0.29, 0.717) is 32.5 Å². The number of nitrogens with zero attached hydrogens (tertiary/aromatic N) is 1. The Morgan fingerprint density at radius 2 is 2.11 bits per heavy atom. The van der Waals surface area contributed by atoms with Crippen molar-refractivity contribution in [2.75, 3.05) is 26.2 Å². The van der Waals surface area contributed by atoms with Crippen molar-refractivity contribution in [2.45, 2.75) is 39.5 Å². The zero-order valence-electron chi connectivity index (χ0n) is 11.9. The van der Waals surface area contributed by atoms with Crippen LogP contribution in [0.5, 0.6) is 0 Å². The Labute approximate surface area is 114 Å². The summed E-state index contributed by atoms with van der Waals surface area (Å²) in [5, 5.41) is 12.7. The van der Waals surface area contributed by atoms with Crippen molar-refractivity contribution in [1.82, 2.24) is 10.2 Å². The van der Waals surface area contributed by atoms with Crippen LogP contribution in [0.25, 0.3) is 0 Å². The highest BCUT2D eigenvalue weighted by atomic mass is 16.4. The molecule has 0 spiro atoms. The third-order valence-corrected chi connectivity index (χ3v) is 4.88. The molecule has 2 aliphatic rings. The van der Waals surface area contributed by atoms with Gasteiger partial charge in [0.1, 0.15) is 0 Å². The summed E-state index contributed by atoms with van der Waals surface area (Å²) in [6, 6.07) is 0. The van der Waals surface area contributed by atoms with Crippen LogP contribution in [0, 0.1) is 10.8 Å². The fourth-order valence-electron chi connectivity index (χ4n) is 3.30. The monoisotopic (exact) mass is 268 g/mol. The molecule has 19 heavy (non-hydrogen) atoms. The lowest BCUT2D eigenvalue weighted by atomic mass is 9.76. The lowest BCUT2D eigenvalue weighted by Crippen LogP contribution is -2.53. The number of amides is 1. The molecule has 0 aromatic heterocycles. The topological polar surface area (TPSA) is 69.6 Å². The summed E-state index contributed by atoms with van der Waals surface area (Å²) in [6.07, 6.45) is 2.89. The molecule has 0 radical (unpaired) electrons. The Balaban J connectivity index is 2.13. The maximum atomic E-state index is 12.6. The second kappa shape index (κ2) is 5.12. The minimum absolute atomic E-state index is 0.122. The van der Waals surface area contributed by atoms with Gasteiger partial charge in [-0.25, -0.2) is 0 Å². The van der Waals surface area contributed by atoms with Gasteiger partial charge < -0.3 is 15.3 Å². The largest absolute Gasteiger partial charge is 0.481 e. The first kappa shape index (κ1) is 14.3. The number of aliphatic carboxylic acids is 1. The van der Waals surface area contributed by atoms with Gasteiger partial charge in [0, 0.05) is 19.6 Å². The SMILES string of the molecule is CCC1(C(=O)O)CCCN(C(=O)C2(C)CCNC2)C1. The van der Waals surface area contributed by atoms with E-state index in [9.17, 15) is 14.7 Å². The average Bonchev–Trinajstić information content (AvgIpc) is 2.86. The minimum Gasteiger partial charge on any atom is -0.481 e. The number of hydrogen-bond acceptors (Lipinski definition) is 3. The number of carboxylic acids is 1.